The number of anilines is 2. The van der Waals surface area contributed by atoms with Gasteiger partial charge in [-0.15, -0.1) is 0 Å². The van der Waals surface area contributed by atoms with Crippen LogP contribution in [0, 0.1) is 0 Å². The highest BCUT2D eigenvalue weighted by Crippen LogP contribution is 2.25. The summed E-state index contributed by atoms with van der Waals surface area (Å²) in [5, 5.41) is 12.4. The summed E-state index contributed by atoms with van der Waals surface area (Å²) in [6.45, 7) is 0.504. The first-order valence-corrected chi connectivity index (χ1v) is 10.2. The number of hydrogen-bond acceptors (Lipinski definition) is 4. The molecule has 3 aromatic carbocycles. The highest BCUT2D eigenvalue weighted by molar-refractivity contribution is 7.92. The molecule has 0 radical (unpaired) electrons. The van der Waals surface area contributed by atoms with Crippen LogP contribution in [0.15, 0.2) is 83.8 Å². The third-order valence-corrected chi connectivity index (χ3v) is 5.54. The number of nitrogens with one attached hydrogen (secondary N) is 2. The Hall–Kier alpha value is -3.32. The van der Waals surface area contributed by atoms with Gasteiger partial charge in [-0.3, -0.25) is 4.72 Å². The minimum absolute atomic E-state index is 0.0953. The smallest absolute Gasteiger partial charge is 0.335 e. The van der Waals surface area contributed by atoms with E-state index in [1.807, 2.05) is 30.3 Å². The summed E-state index contributed by atoms with van der Waals surface area (Å²) < 4.78 is 28.3. The van der Waals surface area contributed by atoms with Crippen molar-refractivity contribution in [1.29, 1.82) is 0 Å². The van der Waals surface area contributed by atoms with E-state index in [1.165, 1.54) is 18.2 Å². The van der Waals surface area contributed by atoms with Crippen molar-refractivity contribution in [3.05, 3.63) is 90.0 Å². The quantitative estimate of drug-likeness (QED) is 0.538. The zero-order chi connectivity index (χ0) is 20.0. The molecule has 6 nitrogen and oxygen atoms in total. The average Bonchev–Trinajstić information content (AvgIpc) is 2.69. The minimum atomic E-state index is -3.97. The van der Waals surface area contributed by atoms with Crippen LogP contribution in [0.5, 0.6) is 0 Å². The van der Waals surface area contributed by atoms with E-state index in [1.54, 1.807) is 30.3 Å². The lowest BCUT2D eigenvalue weighted by atomic mass is 10.1. The molecular weight excluding hydrogens is 376 g/mol. The summed E-state index contributed by atoms with van der Waals surface area (Å²) >= 11 is 0. The van der Waals surface area contributed by atoms with Crippen LogP contribution in [0.4, 0.5) is 11.4 Å². The predicted molar refractivity (Wildman–Crippen MR) is 109 cm³/mol. The van der Waals surface area contributed by atoms with Crippen molar-refractivity contribution in [2.24, 2.45) is 0 Å². The summed E-state index contributed by atoms with van der Waals surface area (Å²) in [6, 6.07) is 22.3. The zero-order valence-corrected chi connectivity index (χ0v) is 15.8. The number of hydrogen-bond donors (Lipinski definition) is 3. The van der Waals surface area contributed by atoms with Crippen molar-refractivity contribution in [3.63, 3.8) is 0 Å². The Morgan fingerprint density at radius 1 is 0.893 bits per heavy atom. The molecule has 7 heteroatoms. The molecule has 28 heavy (non-hydrogen) atoms. The fourth-order valence-corrected chi connectivity index (χ4v) is 3.99. The third-order valence-electron chi connectivity index (χ3n) is 4.12. The Kier molecular flexibility index (Phi) is 5.96. The molecule has 0 fully saturated rings. The van der Waals surface area contributed by atoms with Crippen LogP contribution in [0.25, 0.3) is 0 Å². The molecule has 3 N–H and O–H groups in total. The van der Waals surface area contributed by atoms with Gasteiger partial charge >= 0.3 is 5.97 Å². The molecule has 0 heterocycles. The first-order valence-electron chi connectivity index (χ1n) is 8.69. The number of carboxylic acid groups (broad SMARTS) is 1. The highest BCUT2D eigenvalue weighted by atomic mass is 32.2. The summed E-state index contributed by atoms with van der Waals surface area (Å²) in [6.07, 6.45) is 0.702. The SMILES string of the molecule is O=C(O)c1ccc(NCCc2ccccc2)c(S(=O)(=O)Nc2ccccc2)c1. The van der Waals surface area contributed by atoms with Gasteiger partial charge < -0.3 is 10.4 Å². The molecule has 0 saturated carbocycles. The number of carboxylic acids is 1. The average molecular weight is 396 g/mol. The van der Waals surface area contributed by atoms with Crippen molar-refractivity contribution in [2.45, 2.75) is 11.3 Å². The van der Waals surface area contributed by atoms with Crippen molar-refractivity contribution < 1.29 is 18.3 Å². The zero-order valence-electron chi connectivity index (χ0n) is 15.0. The lowest BCUT2D eigenvalue weighted by Gasteiger charge is -2.15. The van der Waals surface area contributed by atoms with Crippen LogP contribution >= 0.6 is 0 Å². The summed E-state index contributed by atoms with van der Waals surface area (Å²) in [7, 11) is -3.97. The number of benzene rings is 3. The predicted octanol–water partition coefficient (Wildman–Crippen LogP) is 3.84. The van der Waals surface area contributed by atoms with Crippen molar-refractivity contribution in [2.75, 3.05) is 16.6 Å². The molecule has 0 aliphatic heterocycles. The van der Waals surface area contributed by atoms with Crippen LogP contribution in [-0.2, 0) is 16.4 Å². The summed E-state index contributed by atoms with van der Waals surface area (Å²) in [4.78, 5) is 11.2. The molecule has 0 amide bonds. The molecule has 0 unspecified atom stereocenters. The van der Waals surface area contributed by atoms with E-state index in [2.05, 4.69) is 10.0 Å². The van der Waals surface area contributed by atoms with Gasteiger partial charge in [-0.1, -0.05) is 48.5 Å². The van der Waals surface area contributed by atoms with Crippen LogP contribution in [0.3, 0.4) is 0 Å². The second-order valence-electron chi connectivity index (χ2n) is 6.15. The number of rotatable bonds is 8. The van der Waals surface area contributed by atoms with E-state index in [9.17, 15) is 18.3 Å². The third kappa shape index (κ3) is 4.89. The van der Waals surface area contributed by atoms with Gasteiger partial charge in [0.25, 0.3) is 10.0 Å². The van der Waals surface area contributed by atoms with E-state index < -0.39 is 16.0 Å². The highest BCUT2D eigenvalue weighted by Gasteiger charge is 2.21. The number of sulfonamides is 1. The molecule has 0 aromatic heterocycles. The maximum Gasteiger partial charge on any atom is 0.335 e. The Labute approximate surface area is 163 Å². The van der Waals surface area contributed by atoms with Crippen LogP contribution < -0.4 is 10.0 Å². The lowest BCUT2D eigenvalue weighted by molar-refractivity contribution is 0.0696. The lowest BCUT2D eigenvalue weighted by Crippen LogP contribution is -2.17. The first-order chi connectivity index (χ1) is 13.5. The van der Waals surface area contributed by atoms with E-state index in [0.717, 1.165) is 5.56 Å². The van der Waals surface area contributed by atoms with Gasteiger partial charge in [0, 0.05) is 12.2 Å². The summed E-state index contributed by atoms with van der Waals surface area (Å²) in [5.74, 6) is -1.19. The second kappa shape index (κ2) is 8.58. The van der Waals surface area contributed by atoms with Crippen molar-refractivity contribution >= 4 is 27.4 Å². The molecule has 3 rings (SSSR count). The molecule has 144 valence electrons. The molecular formula is C21H20N2O4S. The maximum atomic E-state index is 12.9. The van der Waals surface area contributed by atoms with Gasteiger partial charge in [0.2, 0.25) is 0 Å². The van der Waals surface area contributed by atoms with E-state index >= 15 is 0 Å². The summed E-state index contributed by atoms with van der Waals surface area (Å²) in [5.41, 5.74) is 1.77. The Balaban J connectivity index is 1.86. The molecule has 0 aliphatic carbocycles. The Morgan fingerprint density at radius 3 is 2.18 bits per heavy atom. The number of carbonyl (C=O) groups is 1. The van der Waals surface area contributed by atoms with Gasteiger partial charge in [0.15, 0.2) is 0 Å². The standard InChI is InChI=1S/C21H20N2O4S/c24-21(25)17-11-12-19(22-14-13-16-7-3-1-4-8-16)20(15-17)28(26,27)23-18-9-5-2-6-10-18/h1-12,15,22-23H,13-14H2,(H,24,25). The monoisotopic (exact) mass is 396 g/mol. The van der Waals surface area contributed by atoms with E-state index in [-0.39, 0.29) is 10.5 Å². The topological polar surface area (TPSA) is 95.5 Å². The largest absolute Gasteiger partial charge is 0.478 e. The van der Waals surface area contributed by atoms with E-state index in [0.29, 0.717) is 24.3 Å². The van der Waals surface area contributed by atoms with Crippen molar-refractivity contribution in [3.8, 4) is 0 Å². The normalized spacial score (nSPS) is 11.0. The molecule has 3 aromatic rings. The fourth-order valence-electron chi connectivity index (χ4n) is 2.73. The van der Waals surface area contributed by atoms with Gasteiger partial charge in [-0.05, 0) is 42.3 Å². The number of para-hydroxylation sites is 1. The Morgan fingerprint density at radius 2 is 1.54 bits per heavy atom. The molecule has 0 spiro atoms. The second-order valence-corrected chi connectivity index (χ2v) is 7.80. The molecule has 0 atom stereocenters. The number of aromatic carboxylic acids is 1. The van der Waals surface area contributed by atoms with Gasteiger partial charge in [-0.2, -0.15) is 0 Å². The van der Waals surface area contributed by atoms with Crippen LogP contribution in [-0.4, -0.2) is 26.0 Å². The van der Waals surface area contributed by atoms with Crippen LogP contribution in [0.2, 0.25) is 0 Å². The fraction of sp³-hybridized carbons (Fsp3) is 0.0952. The maximum absolute atomic E-state index is 12.9. The van der Waals surface area contributed by atoms with Gasteiger partial charge in [0.05, 0.1) is 11.3 Å². The van der Waals surface area contributed by atoms with E-state index in [4.69, 9.17) is 0 Å². The van der Waals surface area contributed by atoms with Gasteiger partial charge in [0.1, 0.15) is 4.90 Å². The van der Waals surface area contributed by atoms with Crippen molar-refractivity contribution in [1.82, 2.24) is 0 Å². The van der Waals surface area contributed by atoms with Crippen LogP contribution in [0.1, 0.15) is 15.9 Å². The molecule has 0 bridgehead atoms. The first kappa shape index (κ1) is 19.4. The van der Waals surface area contributed by atoms with Gasteiger partial charge in [-0.25, -0.2) is 13.2 Å². The molecule has 0 saturated heterocycles. The minimum Gasteiger partial charge on any atom is -0.478 e. The Bertz CT molecular complexity index is 1050. The molecule has 0 aliphatic rings.